The van der Waals surface area contributed by atoms with Gasteiger partial charge in [-0.25, -0.2) is 0 Å². The van der Waals surface area contributed by atoms with Gasteiger partial charge in [-0.1, -0.05) is 0 Å². The van der Waals surface area contributed by atoms with E-state index in [0.29, 0.717) is 0 Å². The molecule has 0 aliphatic heterocycles. The molecular formula is C5H16NO9P3. The third-order valence-electron chi connectivity index (χ3n) is 1.56. The van der Waals surface area contributed by atoms with E-state index in [1.54, 1.807) is 0 Å². The molecule has 0 fully saturated rings. The van der Waals surface area contributed by atoms with Crippen molar-refractivity contribution in [3.63, 3.8) is 0 Å². The molecule has 0 aliphatic carbocycles. The minimum atomic E-state index is -4.28. The summed E-state index contributed by atoms with van der Waals surface area (Å²) >= 11 is 0. The smallest absolute Gasteiger partial charge is 0.324 e. The second-order valence-corrected chi connectivity index (χ2v) is 8.89. The molecule has 0 radical (unpaired) electrons. The van der Waals surface area contributed by atoms with Crippen LogP contribution in [0.3, 0.4) is 0 Å². The van der Waals surface area contributed by atoms with Crippen LogP contribution in [0.4, 0.5) is 0 Å². The fourth-order valence-electron chi connectivity index (χ4n) is 0.740. The number of hydrogen-bond donors (Lipinski definition) is 5. The normalized spacial score (nSPS) is 13.8. The van der Waals surface area contributed by atoms with Crippen molar-refractivity contribution in [1.29, 1.82) is 0 Å². The molecule has 0 aromatic rings. The Morgan fingerprint density at radius 3 is 1.39 bits per heavy atom. The zero-order chi connectivity index (χ0) is 14.4. The van der Waals surface area contributed by atoms with E-state index in [0.717, 1.165) is 0 Å². The van der Waals surface area contributed by atoms with Gasteiger partial charge in [0.15, 0.2) is 0 Å². The second-order valence-electron chi connectivity index (χ2n) is 3.24. The van der Waals surface area contributed by atoms with E-state index < -0.39 is 54.6 Å². The molecule has 0 aromatic carbocycles. The highest BCUT2D eigenvalue weighted by Gasteiger charge is 2.25. The van der Waals surface area contributed by atoms with Crippen LogP contribution in [0.25, 0.3) is 0 Å². The first-order valence-corrected chi connectivity index (χ1v) is 9.97. The molecule has 110 valence electrons. The number of rotatable bonds is 9. The van der Waals surface area contributed by atoms with Crippen LogP contribution in [0.2, 0.25) is 0 Å². The third-order valence-corrected chi connectivity index (χ3v) is 4.69. The molecule has 0 aromatic heterocycles. The van der Waals surface area contributed by atoms with Gasteiger partial charge >= 0.3 is 22.8 Å². The van der Waals surface area contributed by atoms with Crippen molar-refractivity contribution in [3.8, 4) is 0 Å². The SMILES string of the molecule is NCP(=O)(OCCP(=O)(O)O)OCCP(=O)(O)O. The Balaban J connectivity index is 4.15. The van der Waals surface area contributed by atoms with Crippen LogP contribution in [0.1, 0.15) is 0 Å². The Kier molecular flexibility index (Phi) is 7.43. The molecule has 0 saturated carbocycles. The molecule has 10 nitrogen and oxygen atoms in total. The van der Waals surface area contributed by atoms with Crippen LogP contribution < -0.4 is 5.73 Å². The zero-order valence-electron chi connectivity index (χ0n) is 9.28. The molecule has 18 heavy (non-hydrogen) atoms. The van der Waals surface area contributed by atoms with Gasteiger partial charge in [-0.3, -0.25) is 13.7 Å². The summed E-state index contributed by atoms with van der Waals surface area (Å²) in [6.07, 6.45) is -1.87. The molecule has 0 saturated heterocycles. The van der Waals surface area contributed by atoms with Crippen LogP contribution >= 0.6 is 22.8 Å². The molecule has 0 spiro atoms. The van der Waals surface area contributed by atoms with Crippen molar-refractivity contribution < 1.29 is 42.3 Å². The van der Waals surface area contributed by atoms with Crippen molar-refractivity contribution in [3.05, 3.63) is 0 Å². The predicted octanol–water partition coefficient (Wildman–Crippen LogP) is -0.516. The average molecular weight is 327 g/mol. The van der Waals surface area contributed by atoms with Crippen molar-refractivity contribution in [2.75, 3.05) is 31.8 Å². The predicted molar refractivity (Wildman–Crippen MR) is 62.4 cm³/mol. The summed E-state index contributed by atoms with van der Waals surface area (Å²) in [5.41, 5.74) is 5.11. The summed E-state index contributed by atoms with van der Waals surface area (Å²) in [7, 11) is -12.3. The Hall–Kier alpha value is 0.410. The highest BCUT2D eigenvalue weighted by atomic mass is 31.2. The first kappa shape index (κ1) is 18.4. The minimum Gasteiger partial charge on any atom is -0.324 e. The van der Waals surface area contributed by atoms with Gasteiger partial charge in [0, 0.05) is 0 Å². The third kappa shape index (κ3) is 10.3. The molecule has 0 atom stereocenters. The van der Waals surface area contributed by atoms with Gasteiger partial charge in [0.25, 0.3) is 0 Å². The molecule has 0 amide bonds. The van der Waals surface area contributed by atoms with E-state index in [9.17, 15) is 13.7 Å². The van der Waals surface area contributed by atoms with Gasteiger partial charge in [-0.05, 0) is 0 Å². The molecule has 13 heteroatoms. The zero-order valence-corrected chi connectivity index (χ0v) is 12.0. The van der Waals surface area contributed by atoms with Gasteiger partial charge in [0.2, 0.25) is 0 Å². The largest absolute Gasteiger partial charge is 0.344 e. The van der Waals surface area contributed by atoms with Crippen LogP contribution in [0.5, 0.6) is 0 Å². The molecular weight excluding hydrogens is 311 g/mol. The highest BCUT2D eigenvalue weighted by Crippen LogP contribution is 2.48. The highest BCUT2D eigenvalue weighted by molar-refractivity contribution is 7.54. The quantitative estimate of drug-likeness (QED) is 0.346. The van der Waals surface area contributed by atoms with Crippen molar-refractivity contribution in [2.24, 2.45) is 5.73 Å². The van der Waals surface area contributed by atoms with E-state index >= 15 is 0 Å². The van der Waals surface area contributed by atoms with E-state index in [4.69, 9.17) is 25.3 Å². The van der Waals surface area contributed by atoms with Gasteiger partial charge in [0.1, 0.15) is 0 Å². The maximum Gasteiger partial charge on any atom is 0.344 e. The van der Waals surface area contributed by atoms with E-state index in [1.165, 1.54) is 0 Å². The van der Waals surface area contributed by atoms with Crippen molar-refractivity contribution in [2.45, 2.75) is 0 Å². The average Bonchev–Trinajstić information content (AvgIpc) is 2.13. The summed E-state index contributed by atoms with van der Waals surface area (Å²) in [5.74, 6) is 0. The molecule has 6 N–H and O–H groups in total. The fourth-order valence-corrected chi connectivity index (χ4v) is 2.71. The monoisotopic (exact) mass is 327 g/mol. The lowest BCUT2D eigenvalue weighted by Crippen LogP contribution is -2.11. The topological polar surface area (TPSA) is 177 Å². The van der Waals surface area contributed by atoms with Crippen LogP contribution in [-0.4, -0.2) is 51.4 Å². The Labute approximate surface area is 103 Å². The number of nitrogens with two attached hydrogens (primary N) is 1. The van der Waals surface area contributed by atoms with E-state index in [-0.39, 0.29) is 0 Å². The summed E-state index contributed by atoms with van der Waals surface area (Å²) in [6.45, 7) is -1.07. The lowest BCUT2D eigenvalue weighted by molar-refractivity contribution is 0.216. The molecule has 0 bridgehead atoms. The van der Waals surface area contributed by atoms with Crippen molar-refractivity contribution in [1.82, 2.24) is 0 Å². The van der Waals surface area contributed by atoms with Crippen molar-refractivity contribution >= 4 is 22.8 Å². The fraction of sp³-hybridized carbons (Fsp3) is 1.00. The first-order chi connectivity index (χ1) is 7.97. The summed E-state index contributed by atoms with van der Waals surface area (Å²) < 4.78 is 41.9. The summed E-state index contributed by atoms with van der Waals surface area (Å²) in [4.78, 5) is 34.1. The maximum absolute atomic E-state index is 11.7. The van der Waals surface area contributed by atoms with Gasteiger partial charge in [-0.2, -0.15) is 0 Å². The number of hydrogen-bond acceptors (Lipinski definition) is 6. The van der Waals surface area contributed by atoms with Gasteiger partial charge in [-0.15, -0.1) is 0 Å². The Morgan fingerprint density at radius 1 is 0.833 bits per heavy atom. The lowest BCUT2D eigenvalue weighted by Gasteiger charge is -2.17. The van der Waals surface area contributed by atoms with Crippen LogP contribution in [-0.2, 0) is 22.7 Å². The summed E-state index contributed by atoms with van der Waals surface area (Å²) in [5, 5.41) is 0. The first-order valence-electron chi connectivity index (χ1n) is 4.65. The lowest BCUT2D eigenvalue weighted by atomic mass is 10.9. The second kappa shape index (κ2) is 7.26. The van der Waals surface area contributed by atoms with Gasteiger partial charge < -0.3 is 34.4 Å². The van der Waals surface area contributed by atoms with Crippen LogP contribution in [0.15, 0.2) is 0 Å². The van der Waals surface area contributed by atoms with E-state index in [1.807, 2.05) is 0 Å². The minimum absolute atomic E-state index is 0.533. The summed E-state index contributed by atoms with van der Waals surface area (Å²) in [6, 6.07) is 0. The molecule has 0 heterocycles. The maximum atomic E-state index is 11.7. The Morgan fingerprint density at radius 2 is 1.17 bits per heavy atom. The van der Waals surface area contributed by atoms with Crippen LogP contribution in [0, 0.1) is 0 Å². The molecule has 0 aliphatic rings. The standard InChI is InChI=1S/C5H16NO9P3/c6-5-18(13,14-1-3-16(7,8)9)15-2-4-17(10,11)12/h1-6H2,(H2,7,8,9)(H2,10,11,12). The van der Waals surface area contributed by atoms with Gasteiger partial charge in [0.05, 0.1) is 31.8 Å². The molecule has 0 unspecified atom stereocenters. The van der Waals surface area contributed by atoms with E-state index in [2.05, 4.69) is 9.05 Å². The Bertz CT molecular complexity index is 354. The molecule has 0 rings (SSSR count).